The lowest BCUT2D eigenvalue weighted by molar-refractivity contribution is 0.302. The second kappa shape index (κ2) is 9.77. The quantitative estimate of drug-likeness (QED) is 0.355. The number of fused-ring (bicyclic) bond motifs is 1. The molecule has 4 rings (SSSR count). The van der Waals surface area contributed by atoms with Crippen molar-refractivity contribution in [1.82, 2.24) is 0 Å². The Kier molecular flexibility index (Phi) is 6.84. The first-order valence-electron chi connectivity index (χ1n) is 11.6. The summed E-state index contributed by atoms with van der Waals surface area (Å²) in [6, 6.07) is 12.7. The minimum Gasteiger partial charge on any atom is -0.206 e. The largest absolute Gasteiger partial charge is 0.206 e. The van der Waals surface area contributed by atoms with Crippen LogP contribution in [0.5, 0.6) is 0 Å². The highest BCUT2D eigenvalue weighted by molar-refractivity contribution is 5.89. The van der Waals surface area contributed by atoms with Crippen molar-refractivity contribution in [2.24, 2.45) is 5.92 Å². The second-order valence-corrected chi connectivity index (χ2v) is 9.05. The lowest BCUT2D eigenvalue weighted by atomic mass is 9.77. The van der Waals surface area contributed by atoms with Crippen molar-refractivity contribution in [2.45, 2.75) is 64.2 Å². The Labute approximate surface area is 187 Å². The van der Waals surface area contributed by atoms with Gasteiger partial charge in [-0.05, 0) is 72.2 Å². The molecule has 0 amide bonds. The van der Waals surface area contributed by atoms with Crippen LogP contribution in [0.15, 0.2) is 42.5 Å². The zero-order valence-corrected chi connectivity index (χ0v) is 18.4. The summed E-state index contributed by atoms with van der Waals surface area (Å²) in [7, 11) is 0. The van der Waals surface area contributed by atoms with E-state index in [1.54, 1.807) is 30.3 Å². The first-order valence-corrected chi connectivity index (χ1v) is 11.6. The van der Waals surface area contributed by atoms with Crippen LogP contribution in [0.4, 0.5) is 13.2 Å². The lowest BCUT2D eigenvalue weighted by Crippen LogP contribution is -2.13. The topological polar surface area (TPSA) is 23.8 Å². The Morgan fingerprint density at radius 1 is 0.906 bits per heavy atom. The van der Waals surface area contributed by atoms with Gasteiger partial charge in [-0.2, -0.15) is 5.26 Å². The Hall–Kier alpha value is -2.80. The number of hydrogen-bond donors (Lipinski definition) is 0. The summed E-state index contributed by atoms with van der Waals surface area (Å²) in [5.41, 5.74) is 1.41. The van der Waals surface area contributed by atoms with Crippen molar-refractivity contribution in [3.05, 3.63) is 71.0 Å². The molecule has 1 fully saturated rings. The molecule has 0 bridgehead atoms. The fourth-order valence-electron chi connectivity index (χ4n) is 5.09. The summed E-state index contributed by atoms with van der Waals surface area (Å²) in [5.74, 6) is -0.903. The highest BCUT2D eigenvalue weighted by Gasteiger charge is 2.23. The number of nitrogens with zero attached hydrogens (tertiary/aromatic N) is 1. The first-order chi connectivity index (χ1) is 15.5. The number of unbranched alkanes of at least 4 members (excludes halogenated alkanes) is 2. The molecule has 3 aromatic carbocycles. The number of halogens is 3. The summed E-state index contributed by atoms with van der Waals surface area (Å²) < 4.78 is 43.5. The number of nitriles is 1. The van der Waals surface area contributed by atoms with Crippen molar-refractivity contribution >= 4 is 10.8 Å². The van der Waals surface area contributed by atoms with Crippen LogP contribution in [0.2, 0.25) is 0 Å². The predicted octanol–water partition coefficient (Wildman–Crippen LogP) is 8.65. The SMILES string of the molecule is CCCCCC1CCC(c2ccc(-c3ccc4c(F)c(C#N)c(F)cc4c3)c(F)c2)CC1. The third-order valence-corrected chi connectivity index (χ3v) is 6.98. The van der Waals surface area contributed by atoms with Gasteiger partial charge in [-0.25, -0.2) is 13.2 Å². The minimum atomic E-state index is -0.907. The number of rotatable bonds is 6. The van der Waals surface area contributed by atoms with E-state index in [1.807, 2.05) is 6.07 Å². The molecule has 0 unspecified atom stereocenters. The van der Waals surface area contributed by atoms with Gasteiger partial charge in [0.05, 0.1) is 0 Å². The van der Waals surface area contributed by atoms with E-state index >= 15 is 4.39 Å². The van der Waals surface area contributed by atoms with E-state index in [2.05, 4.69) is 6.92 Å². The van der Waals surface area contributed by atoms with E-state index in [0.717, 1.165) is 30.4 Å². The summed E-state index contributed by atoms with van der Waals surface area (Å²) >= 11 is 0. The van der Waals surface area contributed by atoms with Crippen LogP contribution in [0.1, 0.15) is 75.3 Å². The van der Waals surface area contributed by atoms with Crippen molar-refractivity contribution in [3.8, 4) is 17.2 Å². The molecule has 3 aromatic rings. The van der Waals surface area contributed by atoms with Gasteiger partial charge in [-0.15, -0.1) is 0 Å². The van der Waals surface area contributed by atoms with Crippen LogP contribution >= 0.6 is 0 Å². The molecular formula is C28H28F3N. The fourth-order valence-corrected chi connectivity index (χ4v) is 5.09. The average Bonchev–Trinajstić information content (AvgIpc) is 2.79. The van der Waals surface area contributed by atoms with Crippen molar-refractivity contribution in [3.63, 3.8) is 0 Å². The van der Waals surface area contributed by atoms with Crippen LogP contribution in [0.25, 0.3) is 21.9 Å². The smallest absolute Gasteiger partial charge is 0.151 e. The molecular weight excluding hydrogens is 407 g/mol. The van der Waals surface area contributed by atoms with Crippen molar-refractivity contribution in [2.75, 3.05) is 0 Å². The van der Waals surface area contributed by atoms with E-state index in [9.17, 15) is 8.78 Å². The molecule has 0 heterocycles. The van der Waals surface area contributed by atoms with Gasteiger partial charge < -0.3 is 0 Å². The zero-order valence-electron chi connectivity index (χ0n) is 18.4. The van der Waals surface area contributed by atoms with Gasteiger partial charge in [0.25, 0.3) is 0 Å². The second-order valence-electron chi connectivity index (χ2n) is 9.05. The van der Waals surface area contributed by atoms with Crippen molar-refractivity contribution < 1.29 is 13.2 Å². The molecule has 0 aliphatic heterocycles. The summed E-state index contributed by atoms with van der Waals surface area (Å²) in [4.78, 5) is 0. The molecule has 0 spiro atoms. The van der Waals surface area contributed by atoms with Gasteiger partial charge >= 0.3 is 0 Å². The fraction of sp³-hybridized carbons (Fsp3) is 0.393. The number of benzene rings is 3. The monoisotopic (exact) mass is 435 g/mol. The molecule has 4 heteroatoms. The zero-order chi connectivity index (χ0) is 22.7. The van der Waals surface area contributed by atoms with E-state index in [4.69, 9.17) is 5.26 Å². The Bertz CT molecular complexity index is 1150. The Morgan fingerprint density at radius 3 is 2.38 bits per heavy atom. The molecule has 166 valence electrons. The maximum absolute atomic E-state index is 15.1. The Morgan fingerprint density at radius 2 is 1.69 bits per heavy atom. The molecule has 0 saturated heterocycles. The molecule has 1 saturated carbocycles. The van der Waals surface area contributed by atoms with Gasteiger partial charge in [0.15, 0.2) is 5.82 Å². The molecule has 0 atom stereocenters. The van der Waals surface area contributed by atoms with Crippen LogP contribution in [-0.4, -0.2) is 0 Å². The van der Waals surface area contributed by atoms with Crippen LogP contribution in [0.3, 0.4) is 0 Å². The maximum Gasteiger partial charge on any atom is 0.151 e. The third kappa shape index (κ3) is 4.53. The average molecular weight is 436 g/mol. The van der Waals surface area contributed by atoms with Gasteiger partial charge in [0.1, 0.15) is 23.3 Å². The normalized spacial score (nSPS) is 18.6. The summed E-state index contributed by atoms with van der Waals surface area (Å²) in [6.07, 6.45) is 9.81. The maximum atomic E-state index is 15.1. The van der Waals surface area contributed by atoms with E-state index in [1.165, 1.54) is 44.6 Å². The highest BCUT2D eigenvalue weighted by atomic mass is 19.1. The summed E-state index contributed by atoms with van der Waals surface area (Å²) in [6.45, 7) is 2.23. The van der Waals surface area contributed by atoms with E-state index in [-0.39, 0.29) is 11.2 Å². The predicted molar refractivity (Wildman–Crippen MR) is 123 cm³/mol. The Balaban J connectivity index is 1.53. The van der Waals surface area contributed by atoms with Crippen LogP contribution in [-0.2, 0) is 0 Å². The minimum absolute atomic E-state index is 0.152. The third-order valence-electron chi connectivity index (χ3n) is 6.98. The van der Waals surface area contributed by atoms with Gasteiger partial charge in [-0.1, -0.05) is 56.9 Å². The molecule has 1 aliphatic rings. The first kappa shape index (κ1) is 22.4. The summed E-state index contributed by atoms with van der Waals surface area (Å²) in [5, 5.41) is 9.40. The number of hydrogen-bond acceptors (Lipinski definition) is 1. The van der Waals surface area contributed by atoms with E-state index in [0.29, 0.717) is 22.4 Å². The molecule has 0 N–H and O–H groups in total. The standard InChI is InChI=1S/C28H28F3N/c1-2-3-4-5-18-6-8-19(9-7-18)20-10-12-23(26(29)15-20)21-11-13-24-22(14-21)16-27(30)25(17-32)28(24)31/h10-16,18-19H,2-9H2,1H3. The molecule has 32 heavy (non-hydrogen) atoms. The molecule has 1 aliphatic carbocycles. The highest BCUT2D eigenvalue weighted by Crippen LogP contribution is 2.39. The van der Waals surface area contributed by atoms with Gasteiger partial charge in [-0.3, -0.25) is 0 Å². The van der Waals surface area contributed by atoms with Gasteiger partial charge in [0, 0.05) is 10.9 Å². The van der Waals surface area contributed by atoms with Crippen LogP contribution in [0, 0.1) is 34.7 Å². The van der Waals surface area contributed by atoms with Crippen molar-refractivity contribution in [1.29, 1.82) is 5.26 Å². The molecule has 0 radical (unpaired) electrons. The van der Waals surface area contributed by atoms with Crippen LogP contribution < -0.4 is 0 Å². The molecule has 1 nitrogen and oxygen atoms in total. The molecule has 0 aromatic heterocycles. The van der Waals surface area contributed by atoms with E-state index < -0.39 is 17.2 Å². The lowest BCUT2D eigenvalue weighted by Gasteiger charge is -2.29. The van der Waals surface area contributed by atoms with Gasteiger partial charge in [0.2, 0.25) is 0 Å².